The molecule has 3 N–H and O–H groups in total. The molecule has 0 atom stereocenters. The summed E-state index contributed by atoms with van der Waals surface area (Å²) < 4.78 is 0. The first kappa shape index (κ1) is 16.1. The van der Waals surface area contributed by atoms with Crippen LogP contribution in [0, 0.1) is 38.5 Å². The van der Waals surface area contributed by atoms with Crippen LogP contribution >= 0.6 is 0 Å². The van der Waals surface area contributed by atoms with E-state index in [2.05, 4.69) is 43.5 Å². The molecule has 0 radical (unpaired) electrons. The van der Waals surface area contributed by atoms with Crippen LogP contribution in [0.4, 0.5) is 5.69 Å². The normalized spacial score (nSPS) is 33.7. The van der Waals surface area contributed by atoms with Crippen LogP contribution in [-0.2, 0) is 4.79 Å². The molecule has 4 fully saturated rings. The first-order valence-corrected chi connectivity index (χ1v) is 9.64. The van der Waals surface area contributed by atoms with E-state index in [1.165, 1.54) is 44.1 Å². The van der Waals surface area contributed by atoms with Gasteiger partial charge in [-0.05, 0) is 68.9 Å². The highest BCUT2D eigenvalue weighted by atomic mass is 16.1. The lowest BCUT2D eigenvalue weighted by molar-refractivity contribution is -0.729. The third-order valence-corrected chi connectivity index (χ3v) is 6.75. The maximum atomic E-state index is 12.6. The molecule has 4 aliphatic carbocycles. The van der Waals surface area contributed by atoms with Gasteiger partial charge in [-0.2, -0.15) is 0 Å². The molecule has 0 saturated heterocycles. The number of anilines is 1. The van der Waals surface area contributed by atoms with Crippen LogP contribution in [0.2, 0.25) is 0 Å². The Morgan fingerprint density at radius 3 is 2.04 bits per heavy atom. The maximum absolute atomic E-state index is 12.6. The van der Waals surface area contributed by atoms with Crippen LogP contribution in [0.25, 0.3) is 0 Å². The fourth-order valence-corrected chi connectivity index (χ4v) is 6.30. The van der Waals surface area contributed by atoms with E-state index in [9.17, 15) is 4.79 Å². The van der Waals surface area contributed by atoms with E-state index in [-0.39, 0.29) is 5.91 Å². The maximum Gasteiger partial charge on any atom is 0.279 e. The minimum Gasteiger partial charge on any atom is -0.334 e. The van der Waals surface area contributed by atoms with Gasteiger partial charge in [0.25, 0.3) is 5.91 Å². The van der Waals surface area contributed by atoms with Crippen LogP contribution < -0.4 is 10.6 Å². The Hall–Kier alpha value is -1.35. The Kier molecular flexibility index (Phi) is 3.95. The highest BCUT2D eigenvalue weighted by molar-refractivity contribution is 5.93. The van der Waals surface area contributed by atoms with Crippen molar-refractivity contribution >= 4 is 11.6 Å². The second kappa shape index (κ2) is 5.87. The number of carbonyl (C=O) groups excluding carboxylic acids is 1. The molecule has 0 aromatic heterocycles. The van der Waals surface area contributed by atoms with Crippen LogP contribution in [-0.4, -0.2) is 18.0 Å². The average Bonchev–Trinajstić information content (AvgIpc) is 2.47. The first-order chi connectivity index (χ1) is 11.4. The molecule has 0 unspecified atom stereocenters. The van der Waals surface area contributed by atoms with Gasteiger partial charge in [-0.15, -0.1) is 0 Å². The minimum atomic E-state index is 0.154. The molecule has 24 heavy (non-hydrogen) atoms. The number of nitrogens with one attached hydrogen (secondary N) is 1. The van der Waals surface area contributed by atoms with Gasteiger partial charge in [0, 0.05) is 24.9 Å². The highest BCUT2D eigenvalue weighted by Crippen LogP contribution is 2.54. The third kappa shape index (κ3) is 2.99. The molecule has 0 heterocycles. The summed E-state index contributed by atoms with van der Waals surface area (Å²) in [5.41, 5.74) is 4.96. The van der Waals surface area contributed by atoms with Gasteiger partial charge in [-0.3, -0.25) is 4.79 Å². The summed E-state index contributed by atoms with van der Waals surface area (Å²) in [4.78, 5) is 12.6. The number of amides is 1. The van der Waals surface area contributed by atoms with Crippen molar-refractivity contribution in [2.45, 2.75) is 64.8 Å². The number of rotatable bonds is 4. The second-order valence-corrected chi connectivity index (χ2v) is 9.01. The lowest BCUT2D eigenvalue weighted by Gasteiger charge is -2.54. The van der Waals surface area contributed by atoms with Crippen LogP contribution in [0.1, 0.15) is 55.2 Å². The fourth-order valence-electron chi connectivity index (χ4n) is 6.30. The lowest BCUT2D eigenvalue weighted by Crippen LogP contribution is -3.00. The number of carbonyl (C=O) groups is 1. The summed E-state index contributed by atoms with van der Waals surface area (Å²) in [6.45, 7) is 6.84. The second-order valence-electron chi connectivity index (χ2n) is 9.01. The molecule has 4 aliphatic rings. The molecule has 4 saturated carbocycles. The average molecular weight is 327 g/mol. The highest BCUT2D eigenvalue weighted by Gasteiger charge is 2.53. The van der Waals surface area contributed by atoms with E-state index < -0.39 is 0 Å². The summed E-state index contributed by atoms with van der Waals surface area (Å²) in [6, 6.07) is 4.29. The van der Waals surface area contributed by atoms with E-state index in [0.717, 1.165) is 34.6 Å². The zero-order valence-corrected chi connectivity index (χ0v) is 15.3. The lowest BCUT2D eigenvalue weighted by atomic mass is 9.53. The molecule has 3 heteroatoms. The minimum absolute atomic E-state index is 0.154. The van der Waals surface area contributed by atoms with Crippen LogP contribution in [0.5, 0.6) is 0 Å². The van der Waals surface area contributed by atoms with Gasteiger partial charge in [0.15, 0.2) is 6.54 Å². The molecular formula is C21H31N2O+. The Morgan fingerprint density at radius 2 is 1.54 bits per heavy atom. The Balaban J connectivity index is 1.39. The quantitative estimate of drug-likeness (QED) is 0.877. The van der Waals surface area contributed by atoms with E-state index in [1.54, 1.807) is 0 Å². The predicted molar refractivity (Wildman–Crippen MR) is 97.0 cm³/mol. The van der Waals surface area contributed by atoms with Gasteiger partial charge >= 0.3 is 0 Å². The molecule has 3 nitrogen and oxygen atoms in total. The largest absolute Gasteiger partial charge is 0.334 e. The van der Waals surface area contributed by atoms with E-state index in [1.807, 2.05) is 0 Å². The van der Waals surface area contributed by atoms with Crippen LogP contribution in [0.3, 0.4) is 0 Å². The Labute approximate surface area is 145 Å². The van der Waals surface area contributed by atoms with Crippen molar-refractivity contribution in [2.24, 2.45) is 17.8 Å². The van der Waals surface area contributed by atoms with E-state index in [0.29, 0.717) is 12.1 Å². The Bertz CT molecular complexity index is 606. The molecule has 1 aromatic carbocycles. The standard InChI is InChI=1S/C21H30N2O/c1-13-4-14(2)20(15(3)5-13)23-19(24)12-22-21-9-16-6-17(10-21)8-18(7-16)11-21/h4-5,16-18,22H,6-12H2,1-3H3,(H,23,24)/p+1. The van der Waals surface area contributed by atoms with Gasteiger partial charge < -0.3 is 10.6 Å². The smallest absolute Gasteiger partial charge is 0.279 e. The molecule has 130 valence electrons. The number of hydrogen-bond acceptors (Lipinski definition) is 1. The van der Waals surface area contributed by atoms with Gasteiger partial charge in [-0.25, -0.2) is 0 Å². The number of nitrogens with two attached hydrogens (primary N) is 1. The SMILES string of the molecule is Cc1cc(C)c(NC(=O)C[NH2+]C23CC4CC(CC(C4)C2)C3)c(C)c1. The zero-order chi connectivity index (χ0) is 16.9. The van der Waals surface area contributed by atoms with Crippen molar-refractivity contribution in [3.8, 4) is 0 Å². The topological polar surface area (TPSA) is 45.7 Å². The number of quaternary nitrogens is 1. The summed E-state index contributed by atoms with van der Waals surface area (Å²) in [5.74, 6) is 2.98. The summed E-state index contributed by atoms with van der Waals surface area (Å²) in [7, 11) is 0. The molecular weight excluding hydrogens is 296 g/mol. The fraction of sp³-hybridized carbons (Fsp3) is 0.667. The summed E-state index contributed by atoms with van der Waals surface area (Å²) >= 11 is 0. The third-order valence-electron chi connectivity index (χ3n) is 6.75. The van der Waals surface area contributed by atoms with Crippen molar-refractivity contribution in [3.05, 3.63) is 28.8 Å². The molecule has 4 bridgehead atoms. The van der Waals surface area contributed by atoms with Crippen molar-refractivity contribution in [1.29, 1.82) is 0 Å². The molecule has 1 amide bonds. The zero-order valence-electron chi connectivity index (χ0n) is 15.3. The van der Waals surface area contributed by atoms with Crippen molar-refractivity contribution in [2.75, 3.05) is 11.9 Å². The van der Waals surface area contributed by atoms with Crippen molar-refractivity contribution < 1.29 is 10.1 Å². The molecule has 0 aliphatic heterocycles. The van der Waals surface area contributed by atoms with Crippen molar-refractivity contribution in [3.63, 3.8) is 0 Å². The Morgan fingerprint density at radius 1 is 1.04 bits per heavy atom. The molecule has 5 rings (SSSR count). The van der Waals surface area contributed by atoms with Gasteiger partial charge in [-0.1, -0.05) is 17.7 Å². The number of hydrogen-bond donors (Lipinski definition) is 2. The van der Waals surface area contributed by atoms with Crippen molar-refractivity contribution in [1.82, 2.24) is 0 Å². The summed E-state index contributed by atoms with van der Waals surface area (Å²) in [5, 5.41) is 5.56. The van der Waals surface area contributed by atoms with Gasteiger partial charge in [0.2, 0.25) is 0 Å². The predicted octanol–water partition coefficient (Wildman–Crippen LogP) is 3.08. The van der Waals surface area contributed by atoms with Crippen LogP contribution in [0.15, 0.2) is 12.1 Å². The summed E-state index contributed by atoms with van der Waals surface area (Å²) in [6.07, 6.45) is 8.40. The van der Waals surface area contributed by atoms with Gasteiger partial charge in [0.1, 0.15) is 0 Å². The monoisotopic (exact) mass is 327 g/mol. The molecule has 1 aromatic rings. The van der Waals surface area contributed by atoms with E-state index in [4.69, 9.17) is 0 Å². The number of aryl methyl sites for hydroxylation is 3. The number of benzene rings is 1. The molecule has 0 spiro atoms. The first-order valence-electron chi connectivity index (χ1n) is 9.64. The van der Waals surface area contributed by atoms with Gasteiger partial charge in [0.05, 0.1) is 5.54 Å². The van der Waals surface area contributed by atoms with E-state index >= 15 is 0 Å².